The summed E-state index contributed by atoms with van der Waals surface area (Å²) in [7, 11) is 0. The van der Waals surface area contributed by atoms with Crippen LogP contribution in [0.3, 0.4) is 0 Å². The van der Waals surface area contributed by atoms with Gasteiger partial charge in [-0.05, 0) is 0 Å². The molecule has 1 aromatic heterocycles. The molecule has 1 aromatic rings. The van der Waals surface area contributed by atoms with Crippen LogP contribution in [0.4, 0.5) is 0 Å². The zero-order valence-corrected chi connectivity index (χ0v) is 5.88. The minimum atomic E-state index is 0.620. The van der Waals surface area contributed by atoms with E-state index in [9.17, 15) is 0 Å². The maximum atomic E-state index is 5.28. The monoisotopic (exact) mass is 143 g/mol. The fraction of sp³-hybridized carbons (Fsp3) is 0.400. The van der Waals surface area contributed by atoms with Gasteiger partial charge in [0.1, 0.15) is 0 Å². The molecular weight excluding hydrogens is 134 g/mol. The van der Waals surface area contributed by atoms with Gasteiger partial charge in [-0.1, -0.05) is 0 Å². The van der Waals surface area contributed by atoms with Gasteiger partial charge in [0.2, 0.25) is 0 Å². The number of aromatic nitrogens is 2. The molecule has 9 heavy (non-hydrogen) atoms. The lowest BCUT2D eigenvalue weighted by Gasteiger charge is -1.93. The van der Waals surface area contributed by atoms with Crippen molar-refractivity contribution in [3.8, 4) is 0 Å². The highest BCUT2D eigenvalue weighted by Crippen LogP contribution is 2.00. The fourth-order valence-electron chi connectivity index (χ4n) is 0.607. The van der Waals surface area contributed by atoms with Gasteiger partial charge in [0.05, 0.1) is 12.7 Å². The summed E-state index contributed by atoms with van der Waals surface area (Å²) in [5, 5.41) is 3.97. The minimum absolute atomic E-state index is 0.620. The summed E-state index contributed by atoms with van der Waals surface area (Å²) in [6.07, 6.45) is 3.54. The number of nitrogens with zero attached hydrogens (tertiary/aromatic N) is 2. The van der Waals surface area contributed by atoms with Crippen molar-refractivity contribution in [2.45, 2.75) is 11.4 Å². The first-order valence-corrected chi connectivity index (χ1v) is 3.19. The quantitative estimate of drug-likeness (QED) is 0.578. The second-order valence-corrected chi connectivity index (χ2v) is 2.27. The number of hydrogen-bond donors (Lipinski definition) is 2. The van der Waals surface area contributed by atoms with Crippen LogP contribution in [0.2, 0.25) is 0 Å². The third-order valence-electron chi connectivity index (χ3n) is 0.978. The molecule has 0 atom stereocenters. The van der Waals surface area contributed by atoms with Crippen LogP contribution in [-0.4, -0.2) is 16.3 Å². The molecule has 0 unspecified atom stereocenters. The van der Waals surface area contributed by atoms with Crippen molar-refractivity contribution in [1.82, 2.24) is 9.78 Å². The van der Waals surface area contributed by atoms with Gasteiger partial charge in [0.15, 0.2) is 0 Å². The van der Waals surface area contributed by atoms with E-state index >= 15 is 0 Å². The van der Waals surface area contributed by atoms with Gasteiger partial charge < -0.3 is 5.73 Å². The molecule has 0 radical (unpaired) electrons. The first-order chi connectivity index (χ1) is 4.33. The van der Waals surface area contributed by atoms with E-state index in [1.165, 1.54) is 0 Å². The molecule has 0 saturated carbocycles. The molecule has 0 bridgehead atoms. The van der Waals surface area contributed by atoms with Gasteiger partial charge in [-0.2, -0.15) is 5.10 Å². The van der Waals surface area contributed by atoms with E-state index in [1.54, 1.807) is 10.9 Å². The van der Waals surface area contributed by atoms with Crippen LogP contribution >= 0.6 is 12.6 Å². The average molecular weight is 143 g/mol. The van der Waals surface area contributed by atoms with Gasteiger partial charge in [0.25, 0.3) is 0 Å². The van der Waals surface area contributed by atoms with Crippen molar-refractivity contribution in [2.75, 3.05) is 6.54 Å². The molecule has 0 saturated heterocycles. The summed E-state index contributed by atoms with van der Waals surface area (Å²) in [5.74, 6) is 0. The predicted molar refractivity (Wildman–Crippen MR) is 38.5 cm³/mol. The zero-order valence-electron chi connectivity index (χ0n) is 4.99. The normalized spacial score (nSPS) is 10.0. The molecule has 0 aliphatic carbocycles. The summed E-state index contributed by atoms with van der Waals surface area (Å²) < 4.78 is 1.77. The molecule has 1 rings (SSSR count). The second kappa shape index (κ2) is 2.89. The van der Waals surface area contributed by atoms with Gasteiger partial charge in [-0.3, -0.25) is 4.68 Å². The van der Waals surface area contributed by atoms with Crippen molar-refractivity contribution in [2.24, 2.45) is 5.73 Å². The van der Waals surface area contributed by atoms with Crippen LogP contribution < -0.4 is 5.73 Å². The van der Waals surface area contributed by atoms with Crippen molar-refractivity contribution in [1.29, 1.82) is 0 Å². The molecule has 50 valence electrons. The first-order valence-electron chi connectivity index (χ1n) is 2.74. The Labute approximate surface area is 59.3 Å². The van der Waals surface area contributed by atoms with Crippen LogP contribution in [0, 0.1) is 0 Å². The highest BCUT2D eigenvalue weighted by molar-refractivity contribution is 7.80. The van der Waals surface area contributed by atoms with Crippen molar-refractivity contribution in [3.05, 3.63) is 12.4 Å². The molecule has 1 heterocycles. The van der Waals surface area contributed by atoms with E-state index in [0.717, 1.165) is 11.4 Å². The van der Waals surface area contributed by atoms with Gasteiger partial charge >= 0.3 is 0 Å². The van der Waals surface area contributed by atoms with Crippen LogP contribution in [-0.2, 0) is 6.54 Å². The SMILES string of the molecule is NCCn1cc(S)cn1. The first kappa shape index (κ1) is 6.64. The Morgan fingerprint density at radius 2 is 2.56 bits per heavy atom. The third-order valence-corrected chi connectivity index (χ3v) is 1.21. The maximum absolute atomic E-state index is 5.28. The Bertz CT molecular complexity index is 184. The Balaban J connectivity index is 2.61. The standard InChI is InChI=1S/C5H9N3S/c6-1-2-8-4-5(9)3-7-8/h3-4,9H,1-2,6H2. The molecule has 4 heteroatoms. The van der Waals surface area contributed by atoms with E-state index in [1.807, 2.05) is 6.20 Å². The number of nitrogens with two attached hydrogens (primary N) is 1. The molecule has 0 aliphatic heterocycles. The van der Waals surface area contributed by atoms with Crippen molar-refractivity contribution < 1.29 is 0 Å². The molecule has 0 fully saturated rings. The lowest BCUT2D eigenvalue weighted by Crippen LogP contribution is -2.09. The third kappa shape index (κ3) is 1.73. The van der Waals surface area contributed by atoms with E-state index in [-0.39, 0.29) is 0 Å². The minimum Gasteiger partial charge on any atom is -0.329 e. The smallest absolute Gasteiger partial charge is 0.0623 e. The summed E-state index contributed by atoms with van der Waals surface area (Å²) in [6, 6.07) is 0. The van der Waals surface area contributed by atoms with E-state index in [4.69, 9.17) is 5.73 Å². The largest absolute Gasteiger partial charge is 0.329 e. The van der Waals surface area contributed by atoms with E-state index < -0.39 is 0 Å². The van der Waals surface area contributed by atoms with Gasteiger partial charge in [-0.15, -0.1) is 12.6 Å². The second-order valence-electron chi connectivity index (χ2n) is 1.75. The lowest BCUT2D eigenvalue weighted by atomic mass is 10.6. The zero-order chi connectivity index (χ0) is 6.69. The maximum Gasteiger partial charge on any atom is 0.0623 e. The highest BCUT2D eigenvalue weighted by atomic mass is 32.1. The predicted octanol–water partition coefficient (Wildman–Crippen LogP) is 0.130. The number of hydrogen-bond acceptors (Lipinski definition) is 3. The van der Waals surface area contributed by atoms with Crippen LogP contribution in [0.25, 0.3) is 0 Å². The molecule has 0 amide bonds. The average Bonchev–Trinajstić information content (AvgIpc) is 2.17. The van der Waals surface area contributed by atoms with Gasteiger partial charge in [-0.25, -0.2) is 0 Å². The summed E-state index contributed by atoms with van der Waals surface area (Å²) >= 11 is 4.07. The summed E-state index contributed by atoms with van der Waals surface area (Å²) in [6.45, 7) is 1.38. The summed E-state index contributed by atoms with van der Waals surface area (Å²) in [4.78, 5) is 0.878. The van der Waals surface area contributed by atoms with Crippen molar-refractivity contribution in [3.63, 3.8) is 0 Å². The molecule has 0 aliphatic rings. The topological polar surface area (TPSA) is 43.8 Å². The summed E-state index contributed by atoms with van der Waals surface area (Å²) in [5.41, 5.74) is 5.28. The Kier molecular flexibility index (Phi) is 2.13. The van der Waals surface area contributed by atoms with Crippen LogP contribution in [0.1, 0.15) is 0 Å². The van der Waals surface area contributed by atoms with Crippen molar-refractivity contribution >= 4 is 12.6 Å². The number of rotatable bonds is 2. The molecule has 0 spiro atoms. The fourth-order valence-corrected chi connectivity index (χ4v) is 0.792. The van der Waals surface area contributed by atoms with Gasteiger partial charge in [0, 0.05) is 17.6 Å². The highest BCUT2D eigenvalue weighted by Gasteiger charge is 1.89. The molecular formula is C5H9N3S. The molecule has 2 N–H and O–H groups in total. The Morgan fingerprint density at radius 1 is 1.78 bits per heavy atom. The Hall–Kier alpha value is -0.480. The van der Waals surface area contributed by atoms with E-state index in [0.29, 0.717) is 6.54 Å². The van der Waals surface area contributed by atoms with E-state index in [2.05, 4.69) is 17.7 Å². The molecule has 3 nitrogen and oxygen atoms in total. The van der Waals surface area contributed by atoms with Crippen LogP contribution in [0.15, 0.2) is 17.3 Å². The van der Waals surface area contributed by atoms with Crippen LogP contribution in [0.5, 0.6) is 0 Å². The number of thiol groups is 1. The lowest BCUT2D eigenvalue weighted by molar-refractivity contribution is 0.624. The molecule has 0 aromatic carbocycles. The Morgan fingerprint density at radius 3 is 3.00 bits per heavy atom.